The maximum atomic E-state index is 5.97. The topological polar surface area (TPSA) is 55.0 Å². The van der Waals surface area contributed by atoms with Crippen molar-refractivity contribution in [3.8, 4) is 0 Å². The maximum absolute atomic E-state index is 5.97. The normalized spacial score (nSPS) is 11.5. The van der Waals surface area contributed by atoms with E-state index in [1.54, 1.807) is 0 Å². The van der Waals surface area contributed by atoms with E-state index in [0.29, 0.717) is 5.82 Å². The molecule has 2 rings (SSSR count). The summed E-state index contributed by atoms with van der Waals surface area (Å²) < 4.78 is 0. The minimum atomic E-state index is -0.128. The highest BCUT2D eigenvalue weighted by molar-refractivity contribution is 5.62. The Kier molecular flexibility index (Phi) is 4.16. The van der Waals surface area contributed by atoms with Crippen LogP contribution in [0.15, 0.2) is 30.3 Å². The molecule has 2 aromatic rings. The van der Waals surface area contributed by atoms with Crippen LogP contribution in [0.3, 0.4) is 0 Å². The number of hydrogen-bond donors (Lipinski definition) is 1. The Morgan fingerprint density at radius 1 is 1.10 bits per heavy atom. The lowest BCUT2D eigenvalue weighted by molar-refractivity contribution is 0.546. The molecule has 0 spiro atoms. The Morgan fingerprint density at radius 3 is 2.24 bits per heavy atom. The molecule has 4 heteroatoms. The van der Waals surface area contributed by atoms with E-state index in [9.17, 15) is 0 Å². The van der Waals surface area contributed by atoms with Crippen LogP contribution in [0.2, 0.25) is 0 Å². The Bertz CT molecular complexity index is 612. The third kappa shape index (κ3) is 3.51. The van der Waals surface area contributed by atoms with Crippen LogP contribution in [-0.2, 0) is 5.41 Å². The summed E-state index contributed by atoms with van der Waals surface area (Å²) in [6.45, 7) is 11.3. The van der Waals surface area contributed by atoms with Crippen LogP contribution >= 0.6 is 0 Å². The van der Waals surface area contributed by atoms with Gasteiger partial charge in [0.15, 0.2) is 0 Å². The number of nitrogen functional groups attached to an aromatic ring is 1. The fourth-order valence-electron chi connectivity index (χ4n) is 2.13. The third-order valence-corrected chi connectivity index (χ3v) is 3.34. The van der Waals surface area contributed by atoms with E-state index in [1.807, 2.05) is 6.07 Å². The molecule has 2 N–H and O–H groups in total. The van der Waals surface area contributed by atoms with Crippen LogP contribution < -0.4 is 10.6 Å². The van der Waals surface area contributed by atoms with Gasteiger partial charge in [0.2, 0.25) is 0 Å². The highest BCUT2D eigenvalue weighted by Gasteiger charge is 2.20. The number of aryl methyl sites for hydroxylation is 1. The molecule has 0 saturated heterocycles. The van der Waals surface area contributed by atoms with Crippen LogP contribution in [0.4, 0.5) is 17.3 Å². The van der Waals surface area contributed by atoms with Gasteiger partial charge in [-0.3, -0.25) is 0 Å². The first-order valence-electron chi connectivity index (χ1n) is 7.30. The summed E-state index contributed by atoms with van der Waals surface area (Å²) in [5, 5.41) is 0. The number of rotatable bonds is 3. The van der Waals surface area contributed by atoms with Gasteiger partial charge in [-0.05, 0) is 26.0 Å². The molecule has 0 atom stereocenters. The van der Waals surface area contributed by atoms with Gasteiger partial charge in [0.1, 0.15) is 17.5 Å². The minimum absolute atomic E-state index is 0.128. The lowest BCUT2D eigenvalue weighted by atomic mass is 9.96. The summed E-state index contributed by atoms with van der Waals surface area (Å²) in [6.07, 6.45) is 0. The van der Waals surface area contributed by atoms with Gasteiger partial charge in [0.05, 0.1) is 0 Å². The van der Waals surface area contributed by atoms with Gasteiger partial charge in [-0.1, -0.05) is 38.5 Å². The lowest BCUT2D eigenvalue weighted by Gasteiger charge is -2.25. The van der Waals surface area contributed by atoms with Gasteiger partial charge in [0.25, 0.3) is 0 Å². The van der Waals surface area contributed by atoms with Gasteiger partial charge in [-0.2, -0.15) is 0 Å². The molecule has 1 aromatic carbocycles. The van der Waals surface area contributed by atoms with Crippen molar-refractivity contribution in [1.29, 1.82) is 0 Å². The smallest absolute Gasteiger partial charge is 0.138 e. The van der Waals surface area contributed by atoms with E-state index in [1.165, 1.54) is 5.56 Å². The zero-order chi connectivity index (χ0) is 15.6. The molecule has 0 aliphatic rings. The number of aromatic nitrogens is 2. The standard InChI is InChI=1S/C17H24N4/c1-6-21(13-9-7-12(2)8-10-13)15-11-14(18)19-16(20-15)17(3,4)5/h7-11H,6H2,1-5H3,(H2,18,19,20). The lowest BCUT2D eigenvalue weighted by Crippen LogP contribution is -2.22. The monoisotopic (exact) mass is 284 g/mol. The molecule has 1 aromatic heterocycles. The maximum Gasteiger partial charge on any atom is 0.138 e. The zero-order valence-corrected chi connectivity index (χ0v) is 13.5. The first-order valence-corrected chi connectivity index (χ1v) is 7.30. The summed E-state index contributed by atoms with van der Waals surface area (Å²) in [5.74, 6) is 2.12. The Balaban J connectivity index is 2.47. The number of hydrogen-bond acceptors (Lipinski definition) is 4. The summed E-state index contributed by atoms with van der Waals surface area (Å²) in [6, 6.07) is 10.3. The van der Waals surface area contributed by atoms with Crippen molar-refractivity contribution in [2.45, 2.75) is 40.0 Å². The molecule has 0 aliphatic carbocycles. The summed E-state index contributed by atoms with van der Waals surface area (Å²) in [5.41, 5.74) is 8.20. The first-order chi connectivity index (χ1) is 9.81. The molecule has 0 bridgehead atoms. The summed E-state index contributed by atoms with van der Waals surface area (Å²) in [4.78, 5) is 11.2. The van der Waals surface area contributed by atoms with Crippen LogP contribution in [-0.4, -0.2) is 16.5 Å². The first kappa shape index (κ1) is 15.3. The third-order valence-electron chi connectivity index (χ3n) is 3.34. The Morgan fingerprint density at radius 2 is 1.71 bits per heavy atom. The molecule has 0 unspecified atom stereocenters. The van der Waals surface area contributed by atoms with E-state index in [-0.39, 0.29) is 5.41 Å². The largest absolute Gasteiger partial charge is 0.384 e. The Hall–Kier alpha value is -2.10. The molecular formula is C17H24N4. The molecule has 4 nitrogen and oxygen atoms in total. The highest BCUT2D eigenvalue weighted by atomic mass is 15.2. The fraction of sp³-hybridized carbons (Fsp3) is 0.412. The minimum Gasteiger partial charge on any atom is -0.384 e. The average Bonchev–Trinajstić information content (AvgIpc) is 2.40. The number of benzene rings is 1. The molecule has 0 fully saturated rings. The number of nitrogens with two attached hydrogens (primary N) is 1. The van der Waals surface area contributed by atoms with E-state index >= 15 is 0 Å². The van der Waals surface area contributed by atoms with Crippen molar-refractivity contribution in [3.05, 3.63) is 41.7 Å². The van der Waals surface area contributed by atoms with Crippen molar-refractivity contribution < 1.29 is 0 Å². The second kappa shape index (κ2) is 5.72. The van der Waals surface area contributed by atoms with Crippen LogP contribution in [0, 0.1) is 6.92 Å². The van der Waals surface area contributed by atoms with E-state index in [0.717, 1.165) is 23.9 Å². The second-order valence-electron chi connectivity index (χ2n) is 6.30. The predicted molar refractivity (Wildman–Crippen MR) is 89.0 cm³/mol. The molecular weight excluding hydrogens is 260 g/mol. The zero-order valence-electron chi connectivity index (χ0n) is 13.5. The van der Waals surface area contributed by atoms with Crippen molar-refractivity contribution in [1.82, 2.24) is 9.97 Å². The summed E-state index contributed by atoms with van der Waals surface area (Å²) in [7, 11) is 0. The van der Waals surface area contributed by atoms with Crippen molar-refractivity contribution in [3.63, 3.8) is 0 Å². The quantitative estimate of drug-likeness (QED) is 0.931. The number of anilines is 3. The van der Waals surface area contributed by atoms with Crippen molar-refractivity contribution in [2.75, 3.05) is 17.2 Å². The van der Waals surface area contributed by atoms with E-state index < -0.39 is 0 Å². The van der Waals surface area contributed by atoms with Crippen LogP contribution in [0.5, 0.6) is 0 Å². The van der Waals surface area contributed by atoms with Gasteiger partial charge in [0, 0.05) is 23.7 Å². The molecule has 1 heterocycles. The van der Waals surface area contributed by atoms with Crippen LogP contribution in [0.1, 0.15) is 39.1 Å². The van der Waals surface area contributed by atoms with Crippen molar-refractivity contribution >= 4 is 17.3 Å². The molecule has 0 aliphatic heterocycles. The van der Waals surface area contributed by atoms with Gasteiger partial charge in [-0.25, -0.2) is 9.97 Å². The SMILES string of the molecule is CCN(c1ccc(C)cc1)c1cc(N)nc(C(C)(C)C)n1. The second-order valence-corrected chi connectivity index (χ2v) is 6.30. The van der Waals surface area contributed by atoms with Crippen LogP contribution in [0.25, 0.3) is 0 Å². The summed E-state index contributed by atoms with van der Waals surface area (Å²) >= 11 is 0. The van der Waals surface area contributed by atoms with Gasteiger partial charge < -0.3 is 10.6 Å². The van der Waals surface area contributed by atoms with Gasteiger partial charge >= 0.3 is 0 Å². The highest BCUT2D eigenvalue weighted by Crippen LogP contribution is 2.27. The number of nitrogens with zero attached hydrogens (tertiary/aromatic N) is 3. The molecule has 0 amide bonds. The van der Waals surface area contributed by atoms with Crippen molar-refractivity contribution in [2.24, 2.45) is 0 Å². The fourth-order valence-corrected chi connectivity index (χ4v) is 2.13. The molecule has 0 radical (unpaired) electrons. The molecule has 112 valence electrons. The average molecular weight is 284 g/mol. The predicted octanol–water partition coefficient (Wildman–Crippen LogP) is 3.82. The Labute approximate surface area is 127 Å². The van der Waals surface area contributed by atoms with E-state index in [2.05, 4.69) is 68.8 Å². The molecule has 21 heavy (non-hydrogen) atoms. The van der Waals surface area contributed by atoms with Gasteiger partial charge in [-0.15, -0.1) is 0 Å². The molecule has 0 saturated carbocycles. The van der Waals surface area contributed by atoms with E-state index in [4.69, 9.17) is 10.7 Å².